The van der Waals surface area contributed by atoms with E-state index in [4.69, 9.17) is 19.9 Å². The molecule has 0 N–H and O–H groups in total. The van der Waals surface area contributed by atoms with Gasteiger partial charge in [0.15, 0.2) is 11.6 Å². The van der Waals surface area contributed by atoms with Crippen LogP contribution in [-0.4, -0.2) is 19.9 Å². The highest BCUT2D eigenvalue weighted by atomic mass is 14.9. The van der Waals surface area contributed by atoms with Crippen molar-refractivity contribution in [1.29, 1.82) is 0 Å². The molecule has 0 bridgehead atoms. The number of unbranched alkanes of at least 4 members (excludes halogenated alkanes) is 5. The minimum Gasteiger partial charge on any atom is -0.236 e. The molecule has 2 aromatic heterocycles. The molecule has 19 aromatic rings. The van der Waals surface area contributed by atoms with Gasteiger partial charge < -0.3 is 0 Å². The minimum atomic E-state index is 0.731. The third-order valence-electron chi connectivity index (χ3n) is 26.0. The zero-order valence-corrected chi connectivity index (χ0v) is 81.6. The van der Waals surface area contributed by atoms with E-state index >= 15 is 0 Å². The zero-order chi connectivity index (χ0) is 94.5. The number of nitrogens with zero attached hydrogens (tertiary/aromatic N) is 4. The third-order valence-corrected chi connectivity index (χ3v) is 26.0. The molecule has 0 aliphatic carbocycles. The second kappa shape index (κ2) is 42.4. The predicted octanol–water partition coefficient (Wildman–Crippen LogP) is 36.5. The summed E-state index contributed by atoms with van der Waals surface area (Å²) in [5, 5.41) is 0. The zero-order valence-electron chi connectivity index (χ0n) is 81.6. The van der Waals surface area contributed by atoms with Gasteiger partial charge in [0.2, 0.25) is 0 Å². The topological polar surface area (TPSA) is 51.6 Å². The molecule has 17 aromatic carbocycles. The highest BCUT2D eigenvalue weighted by Gasteiger charge is 2.21. The average Bonchev–Trinajstić information content (AvgIpc) is 0.764. The molecule has 4 nitrogen and oxygen atoms in total. The minimum absolute atomic E-state index is 0.731. The lowest BCUT2D eigenvalue weighted by molar-refractivity contribution is 0.607. The number of aryl methyl sites for hydroxylation is 15. The highest BCUT2D eigenvalue weighted by Crippen LogP contribution is 2.43. The first-order chi connectivity index (χ1) is 66.0. The van der Waals surface area contributed by atoms with Gasteiger partial charge in [-0.2, -0.15) is 0 Å². The smallest absolute Gasteiger partial charge is 0.159 e. The Hall–Kier alpha value is -15.1. The average molecular weight is 1760 g/mol. The maximum atomic E-state index is 5.43. The summed E-state index contributed by atoms with van der Waals surface area (Å²) in [4.78, 5) is 19.9. The van der Waals surface area contributed by atoms with Gasteiger partial charge in [0.25, 0.3) is 0 Å². The molecule has 2 heterocycles. The van der Waals surface area contributed by atoms with Crippen LogP contribution >= 0.6 is 0 Å². The first-order valence-corrected chi connectivity index (χ1v) is 48.3. The van der Waals surface area contributed by atoms with Crippen molar-refractivity contribution in [2.75, 3.05) is 0 Å². The Morgan fingerprint density at radius 1 is 0.169 bits per heavy atom. The largest absolute Gasteiger partial charge is 0.236 e. The number of hydrogen-bond acceptors (Lipinski definition) is 4. The predicted molar refractivity (Wildman–Crippen MR) is 581 cm³/mol. The standard InChI is InChI=1S/C52H52N2.C42H38.C38H32N2/c1-6-7-8-9-10-11-16-40-23-25-41(26-24-40)52-53-35-50(45-20-15-18-43(34-45)47-31-38(4)28-39(5)32-47)51(54-52)49-22-13-12-21-48(49)44-19-14-17-42(33-44)46-29-36(2)27-37(3)30-46;1-27-17-28(2)20-39(19-27)35-11-7-9-33(25-35)37-13-15-41(31(5)23-37)42-16-14-38(24-32(42)6)34-10-8-12-36(26-34)40-21-29(3)18-30(4)22-40;1-25-15-26(2)18-35(17-25)32-8-5-7-31(21-32)29-11-13-30(14-12-29)37-23-39-38(40-24-37)34-10-6-9-33(22-34)36-19-27(3)16-28(4)20-36/h12-15,17-35H,6-11,16H2,1-5H3;7-26H,1-6H3;5-24H,1-4H3. The van der Waals surface area contributed by atoms with Gasteiger partial charge in [-0.15, -0.1) is 0 Å². The number of benzene rings is 17. The fraction of sp³-hybridized carbons (Fsp3) is 0.167. The van der Waals surface area contributed by atoms with Crippen molar-refractivity contribution in [3.05, 3.63) is 466 Å². The van der Waals surface area contributed by atoms with Crippen molar-refractivity contribution in [2.24, 2.45) is 0 Å². The van der Waals surface area contributed by atoms with E-state index in [-0.39, 0.29) is 0 Å². The summed E-state index contributed by atoms with van der Waals surface area (Å²) in [7, 11) is 0. The van der Waals surface area contributed by atoms with Crippen LogP contribution in [-0.2, 0) is 6.42 Å². The molecular weight excluding hydrogens is 1640 g/mol. The lowest BCUT2D eigenvalue weighted by Gasteiger charge is -2.16. The van der Waals surface area contributed by atoms with Crippen LogP contribution in [0, 0.1) is 96.9 Å². The van der Waals surface area contributed by atoms with Crippen LogP contribution in [0.25, 0.3) is 179 Å². The van der Waals surface area contributed by atoms with Crippen LogP contribution < -0.4 is 0 Å². The van der Waals surface area contributed by atoms with Gasteiger partial charge in [0.05, 0.1) is 5.69 Å². The van der Waals surface area contributed by atoms with Gasteiger partial charge >= 0.3 is 0 Å². The van der Waals surface area contributed by atoms with Gasteiger partial charge in [-0.1, -0.05) is 433 Å². The van der Waals surface area contributed by atoms with Gasteiger partial charge in [0.1, 0.15) is 0 Å². The molecule has 0 amide bonds. The van der Waals surface area contributed by atoms with Crippen LogP contribution in [0.15, 0.2) is 383 Å². The molecule has 0 aliphatic rings. The quantitative estimate of drug-likeness (QED) is 0.0599. The summed E-state index contributed by atoms with van der Waals surface area (Å²) in [6, 6.07) is 133. The van der Waals surface area contributed by atoms with Gasteiger partial charge in [0, 0.05) is 46.4 Å². The monoisotopic (exact) mass is 1760 g/mol. The maximum Gasteiger partial charge on any atom is 0.159 e. The maximum absolute atomic E-state index is 5.43. The highest BCUT2D eigenvalue weighted by molar-refractivity contribution is 5.93. The summed E-state index contributed by atoms with van der Waals surface area (Å²) >= 11 is 0. The lowest BCUT2D eigenvalue weighted by atomic mass is 9.90. The summed E-state index contributed by atoms with van der Waals surface area (Å²) in [6.07, 6.45) is 14.8. The van der Waals surface area contributed by atoms with Crippen molar-refractivity contribution >= 4 is 0 Å². The summed E-state index contributed by atoms with van der Waals surface area (Å²) in [6.45, 7) is 32.6. The summed E-state index contributed by atoms with van der Waals surface area (Å²) in [5.74, 6) is 1.47. The first-order valence-electron chi connectivity index (χ1n) is 48.3. The fourth-order valence-electron chi connectivity index (χ4n) is 19.6. The summed E-state index contributed by atoms with van der Waals surface area (Å²) < 4.78 is 0. The van der Waals surface area contributed by atoms with Crippen molar-refractivity contribution in [3.63, 3.8) is 0 Å². The van der Waals surface area contributed by atoms with E-state index < -0.39 is 0 Å². The molecular formula is C132H122N4. The first kappa shape index (κ1) is 92.7. The Balaban J connectivity index is 0.000000144. The van der Waals surface area contributed by atoms with Gasteiger partial charge in [-0.05, 0) is 296 Å². The Kier molecular flexibility index (Phi) is 28.9. The Morgan fingerprint density at radius 2 is 0.441 bits per heavy atom. The van der Waals surface area contributed by atoms with Crippen LogP contribution in [0.2, 0.25) is 0 Å². The Bertz CT molecular complexity index is 7130. The van der Waals surface area contributed by atoms with Crippen molar-refractivity contribution in [3.8, 4) is 179 Å². The van der Waals surface area contributed by atoms with E-state index in [1.165, 1.54) is 233 Å². The van der Waals surface area contributed by atoms with E-state index in [2.05, 4.69) is 468 Å². The molecule has 0 saturated heterocycles. The van der Waals surface area contributed by atoms with Crippen LogP contribution in [0.3, 0.4) is 0 Å². The molecule has 670 valence electrons. The Labute approximate surface area is 807 Å². The van der Waals surface area contributed by atoms with Crippen LogP contribution in [0.4, 0.5) is 0 Å². The van der Waals surface area contributed by atoms with Gasteiger partial charge in [-0.25, -0.2) is 19.9 Å². The van der Waals surface area contributed by atoms with Crippen molar-refractivity contribution in [1.82, 2.24) is 19.9 Å². The van der Waals surface area contributed by atoms with E-state index in [9.17, 15) is 0 Å². The summed E-state index contributed by atoms with van der Waals surface area (Å²) in [5.41, 5.74) is 54.7. The molecule has 4 heteroatoms. The second-order valence-electron chi connectivity index (χ2n) is 37.9. The molecule has 19 rings (SSSR count). The fourth-order valence-corrected chi connectivity index (χ4v) is 19.6. The molecule has 0 spiro atoms. The third kappa shape index (κ3) is 22.9. The van der Waals surface area contributed by atoms with E-state index in [0.717, 1.165) is 73.8 Å². The van der Waals surface area contributed by atoms with Crippen molar-refractivity contribution < 1.29 is 0 Å². The normalized spacial score (nSPS) is 11.1. The number of aromatic nitrogens is 4. The van der Waals surface area contributed by atoms with E-state index in [1.807, 2.05) is 18.6 Å². The SMILES string of the molecule is CCCCCCCCc1ccc(-c2ncc(-c3cccc(-c4cc(C)cc(C)c4)c3)c(-c3ccccc3-c3cccc(-c4cc(C)cc(C)c4)c3)n2)cc1.Cc1cc(C)cc(-c2cccc(-c3ccc(-c4ccc(-c5cccc(-c6cc(C)cc(C)c6)c5)cc4C)c(C)c3)c2)c1.Cc1cc(C)cc(-c2cccc(-c3ccc(-c4cnc(-c5cccc(-c6cc(C)cc(C)c6)c5)nc4)cc3)c2)c1. The molecule has 0 aliphatic heterocycles. The lowest BCUT2D eigenvalue weighted by Crippen LogP contribution is -1.98. The second-order valence-corrected chi connectivity index (χ2v) is 37.9. The molecule has 0 saturated carbocycles. The van der Waals surface area contributed by atoms with E-state index in [1.54, 1.807) is 0 Å². The number of hydrogen-bond donors (Lipinski definition) is 0. The molecule has 0 fully saturated rings. The molecule has 0 radical (unpaired) electrons. The van der Waals surface area contributed by atoms with E-state index in [0.29, 0.717) is 0 Å². The Morgan fingerprint density at radius 3 is 0.809 bits per heavy atom. The van der Waals surface area contributed by atoms with Crippen LogP contribution in [0.5, 0.6) is 0 Å². The number of rotatable bonds is 23. The molecule has 136 heavy (non-hydrogen) atoms. The molecule has 0 atom stereocenters. The van der Waals surface area contributed by atoms with Crippen molar-refractivity contribution in [2.45, 2.75) is 149 Å². The molecule has 0 unspecified atom stereocenters. The van der Waals surface area contributed by atoms with Gasteiger partial charge in [-0.3, -0.25) is 0 Å². The van der Waals surface area contributed by atoms with Crippen LogP contribution in [0.1, 0.15) is 129 Å².